The first-order valence-electron chi connectivity index (χ1n) is 8.19. The summed E-state index contributed by atoms with van der Waals surface area (Å²) in [6.45, 7) is 9.01. The highest BCUT2D eigenvalue weighted by Gasteiger charge is 2.40. The summed E-state index contributed by atoms with van der Waals surface area (Å²) in [5.74, 6) is 0.621. The molecule has 2 aliphatic rings. The maximum Gasteiger partial charge on any atom is 0.410 e. The lowest BCUT2D eigenvalue weighted by molar-refractivity contribution is -0.122. The highest BCUT2D eigenvalue weighted by atomic mass is 16.6. The van der Waals surface area contributed by atoms with Crippen molar-refractivity contribution < 1.29 is 14.3 Å². The molecule has 1 aliphatic heterocycles. The van der Waals surface area contributed by atoms with E-state index in [0.717, 1.165) is 51.6 Å². The lowest BCUT2D eigenvalue weighted by atomic mass is 9.65. The van der Waals surface area contributed by atoms with E-state index >= 15 is 0 Å². The van der Waals surface area contributed by atoms with Crippen molar-refractivity contribution in [3.8, 4) is 0 Å². The van der Waals surface area contributed by atoms with Crippen LogP contribution in [0.15, 0.2) is 0 Å². The number of ether oxygens (including phenoxy) is 1. The zero-order valence-corrected chi connectivity index (χ0v) is 13.9. The molecule has 1 spiro atoms. The van der Waals surface area contributed by atoms with Crippen LogP contribution in [-0.2, 0) is 9.53 Å². The first-order chi connectivity index (χ1) is 9.71. The third kappa shape index (κ3) is 4.21. The van der Waals surface area contributed by atoms with Crippen molar-refractivity contribution in [1.82, 2.24) is 4.90 Å². The Hall–Kier alpha value is -1.06. The number of nitrogens with zero attached hydrogens (tertiary/aromatic N) is 1. The summed E-state index contributed by atoms with van der Waals surface area (Å²) >= 11 is 0. The number of amides is 1. The predicted molar refractivity (Wildman–Crippen MR) is 82.1 cm³/mol. The van der Waals surface area contributed by atoms with Gasteiger partial charge in [-0.2, -0.15) is 0 Å². The van der Waals surface area contributed by atoms with Crippen LogP contribution in [-0.4, -0.2) is 35.5 Å². The lowest BCUT2D eigenvalue weighted by Crippen LogP contribution is -2.46. The fourth-order valence-electron chi connectivity index (χ4n) is 3.63. The first-order valence-corrected chi connectivity index (χ1v) is 8.19. The zero-order valence-electron chi connectivity index (χ0n) is 13.9. The summed E-state index contributed by atoms with van der Waals surface area (Å²) in [5.41, 5.74) is -0.0593. The quantitative estimate of drug-likeness (QED) is 0.739. The Kier molecular flexibility index (Phi) is 4.64. The Labute approximate surface area is 128 Å². The minimum Gasteiger partial charge on any atom is -0.444 e. The molecule has 1 aliphatic carbocycles. The van der Waals surface area contributed by atoms with Crippen molar-refractivity contribution in [3.63, 3.8) is 0 Å². The predicted octanol–water partition coefficient (Wildman–Crippen LogP) is 3.78. The number of rotatable bonds is 1. The number of hydrogen-bond donors (Lipinski definition) is 0. The van der Waals surface area contributed by atoms with Crippen molar-refractivity contribution >= 4 is 11.9 Å². The number of carbonyl (C=O) groups is 2. The minimum atomic E-state index is -0.425. The standard InChI is InChI=1S/C17H29NO3/c1-13(19)14-5-7-17(8-6-14)9-11-18(12-10-17)15(20)21-16(2,3)4/h14H,5-12H2,1-4H3. The second-order valence-corrected chi connectivity index (χ2v) is 7.85. The smallest absolute Gasteiger partial charge is 0.410 e. The molecule has 0 aromatic rings. The van der Waals surface area contributed by atoms with E-state index in [1.807, 2.05) is 25.7 Å². The fourth-order valence-corrected chi connectivity index (χ4v) is 3.63. The second kappa shape index (κ2) is 5.98. The van der Waals surface area contributed by atoms with Gasteiger partial charge in [-0.1, -0.05) is 0 Å². The van der Waals surface area contributed by atoms with Crippen molar-refractivity contribution in [2.75, 3.05) is 13.1 Å². The SMILES string of the molecule is CC(=O)C1CCC2(CC1)CCN(C(=O)OC(C)(C)C)CC2. The molecule has 0 atom stereocenters. The molecule has 1 amide bonds. The Morgan fingerprint density at radius 2 is 1.57 bits per heavy atom. The van der Waals surface area contributed by atoms with E-state index in [-0.39, 0.29) is 12.0 Å². The third-order valence-corrected chi connectivity index (χ3v) is 5.10. The highest BCUT2D eigenvalue weighted by molar-refractivity contribution is 5.78. The second-order valence-electron chi connectivity index (χ2n) is 7.85. The van der Waals surface area contributed by atoms with Crippen molar-refractivity contribution in [3.05, 3.63) is 0 Å². The number of ketones is 1. The van der Waals surface area contributed by atoms with Gasteiger partial charge in [0.15, 0.2) is 0 Å². The molecule has 0 aromatic heterocycles. The molecule has 0 aromatic carbocycles. The van der Waals surface area contributed by atoms with Gasteiger partial charge in [0.1, 0.15) is 11.4 Å². The molecule has 1 saturated heterocycles. The highest BCUT2D eigenvalue weighted by Crippen LogP contribution is 2.46. The Morgan fingerprint density at radius 3 is 2.00 bits per heavy atom. The van der Waals surface area contributed by atoms with Gasteiger partial charge in [-0.05, 0) is 71.6 Å². The average molecular weight is 295 g/mol. The van der Waals surface area contributed by atoms with Crippen molar-refractivity contribution in [2.24, 2.45) is 11.3 Å². The Morgan fingerprint density at radius 1 is 1.05 bits per heavy atom. The maximum atomic E-state index is 12.1. The van der Waals surface area contributed by atoms with Gasteiger partial charge in [-0.3, -0.25) is 4.79 Å². The Balaban J connectivity index is 1.84. The van der Waals surface area contributed by atoms with Gasteiger partial charge >= 0.3 is 6.09 Å². The van der Waals surface area contributed by atoms with Gasteiger partial charge in [0.25, 0.3) is 0 Å². The summed E-state index contributed by atoms with van der Waals surface area (Å²) in [6.07, 6.45) is 6.26. The Bertz CT molecular complexity index is 393. The fraction of sp³-hybridized carbons (Fsp3) is 0.882. The molecule has 4 heteroatoms. The van der Waals surface area contributed by atoms with Crippen LogP contribution in [0.2, 0.25) is 0 Å². The van der Waals surface area contributed by atoms with Crippen LogP contribution >= 0.6 is 0 Å². The van der Waals surface area contributed by atoms with E-state index in [0.29, 0.717) is 11.2 Å². The van der Waals surface area contributed by atoms with Crippen LogP contribution in [0.5, 0.6) is 0 Å². The van der Waals surface area contributed by atoms with Gasteiger partial charge in [-0.25, -0.2) is 4.79 Å². The number of likely N-dealkylation sites (tertiary alicyclic amines) is 1. The van der Waals surface area contributed by atoms with Crippen molar-refractivity contribution in [2.45, 2.75) is 71.8 Å². The lowest BCUT2D eigenvalue weighted by Gasteiger charge is -2.45. The van der Waals surface area contributed by atoms with E-state index in [4.69, 9.17) is 4.74 Å². The molecule has 4 nitrogen and oxygen atoms in total. The van der Waals surface area contributed by atoms with Gasteiger partial charge in [0, 0.05) is 19.0 Å². The molecule has 120 valence electrons. The van der Waals surface area contributed by atoms with Gasteiger partial charge in [0.05, 0.1) is 0 Å². The average Bonchev–Trinajstić information content (AvgIpc) is 2.38. The largest absolute Gasteiger partial charge is 0.444 e. The van der Waals surface area contributed by atoms with E-state index < -0.39 is 5.60 Å². The van der Waals surface area contributed by atoms with Crippen molar-refractivity contribution in [1.29, 1.82) is 0 Å². The monoisotopic (exact) mass is 295 g/mol. The van der Waals surface area contributed by atoms with Gasteiger partial charge in [-0.15, -0.1) is 0 Å². The number of carbonyl (C=O) groups excluding carboxylic acids is 2. The summed E-state index contributed by atoms with van der Waals surface area (Å²) in [6, 6.07) is 0. The normalized spacial score (nSPS) is 23.1. The van der Waals surface area contributed by atoms with E-state index in [1.165, 1.54) is 0 Å². The maximum absolute atomic E-state index is 12.1. The number of hydrogen-bond acceptors (Lipinski definition) is 3. The van der Waals surface area contributed by atoms with Crippen LogP contribution < -0.4 is 0 Å². The minimum absolute atomic E-state index is 0.185. The van der Waals surface area contributed by atoms with Crippen LogP contribution in [0.3, 0.4) is 0 Å². The summed E-state index contributed by atoms with van der Waals surface area (Å²) in [4.78, 5) is 25.4. The molecule has 21 heavy (non-hydrogen) atoms. The first kappa shape index (κ1) is 16.3. The number of piperidine rings is 1. The summed E-state index contributed by atoms with van der Waals surface area (Å²) in [5, 5.41) is 0. The zero-order chi connectivity index (χ0) is 15.7. The molecule has 0 unspecified atom stereocenters. The van der Waals surface area contributed by atoms with Crippen LogP contribution in [0, 0.1) is 11.3 Å². The molecule has 1 heterocycles. The molecule has 2 rings (SSSR count). The summed E-state index contributed by atoms with van der Waals surface area (Å²) < 4.78 is 5.44. The van der Waals surface area contributed by atoms with Crippen LogP contribution in [0.1, 0.15) is 66.2 Å². The van der Waals surface area contributed by atoms with Gasteiger partial charge < -0.3 is 9.64 Å². The van der Waals surface area contributed by atoms with E-state index in [9.17, 15) is 9.59 Å². The van der Waals surface area contributed by atoms with Crippen LogP contribution in [0.4, 0.5) is 4.79 Å². The molecule has 1 saturated carbocycles. The molecule has 2 fully saturated rings. The number of Topliss-reactive ketones (excluding diaryl/α,β-unsaturated/α-hetero) is 1. The molecule has 0 bridgehead atoms. The topological polar surface area (TPSA) is 46.6 Å². The third-order valence-electron chi connectivity index (χ3n) is 5.10. The van der Waals surface area contributed by atoms with Crippen LogP contribution in [0.25, 0.3) is 0 Å². The molecular formula is C17H29NO3. The molecule has 0 N–H and O–H groups in total. The van der Waals surface area contributed by atoms with Gasteiger partial charge in [0.2, 0.25) is 0 Å². The molecular weight excluding hydrogens is 266 g/mol. The molecule has 0 radical (unpaired) electrons. The van der Waals surface area contributed by atoms with E-state index in [1.54, 1.807) is 6.92 Å². The van der Waals surface area contributed by atoms with E-state index in [2.05, 4.69) is 0 Å². The summed E-state index contributed by atoms with van der Waals surface area (Å²) in [7, 11) is 0.